The number of amides is 1. The number of carbonyl (C=O) groups excluding carboxylic acids is 3. The first-order valence-corrected chi connectivity index (χ1v) is 11.8. The number of nitrogens with one attached hydrogen (secondary N) is 1. The number of primary amides is 1. The fraction of sp³-hybridized carbons (Fsp3) is 0.409. The Kier molecular flexibility index (Phi) is 6.11. The maximum absolute atomic E-state index is 13.8. The molecule has 3 aliphatic rings. The number of ketones is 2. The fourth-order valence-corrected chi connectivity index (χ4v) is 5.98. The number of hydrogen-bond acceptors (Lipinski definition) is 10. The average molecular weight is 524 g/mol. The number of phenols is 1. The van der Waals surface area contributed by atoms with Crippen LogP contribution in [0.2, 0.25) is 0 Å². The largest absolute Gasteiger partial charge is 0.508 e. The van der Waals surface area contributed by atoms with Crippen LogP contribution in [0, 0.1) is 11.8 Å². The Hall–Kier alpha value is -3.46. The van der Waals surface area contributed by atoms with Crippen LogP contribution in [0.25, 0.3) is 5.76 Å². The Labute approximate surface area is 207 Å². The number of hydrogen-bond donors (Lipinski definition) is 7. The molecule has 36 heavy (non-hydrogen) atoms. The van der Waals surface area contributed by atoms with Crippen LogP contribution >= 0.6 is 0 Å². The molecule has 5 atom stereocenters. The number of aromatic hydroxyl groups is 1. The SMILES string of the molecule is COc1cc(NS(=O)O)c(O)c2c1C[C@H]1C[C@H]3[C@H](N(C)C)C(=O)C(C(N)=O)=C(O)[C@@]3(O)C(=O)C1=C2O. The van der Waals surface area contributed by atoms with Gasteiger partial charge in [-0.05, 0) is 32.9 Å². The molecule has 0 aromatic heterocycles. The number of Topliss-reactive ketones (excluding diaryl/α,β-unsaturated/α-hetero) is 2. The van der Waals surface area contributed by atoms with Crippen LogP contribution in [0.1, 0.15) is 17.5 Å². The lowest BCUT2D eigenvalue weighted by atomic mass is 9.57. The normalized spacial score (nSPS) is 28.4. The summed E-state index contributed by atoms with van der Waals surface area (Å²) >= 11 is -2.59. The predicted octanol–water partition coefficient (Wildman–Crippen LogP) is -0.479. The number of aliphatic hydroxyl groups excluding tert-OH is 2. The average Bonchev–Trinajstić information content (AvgIpc) is 2.77. The number of ether oxygens (including phenoxy) is 1. The van der Waals surface area contributed by atoms with Gasteiger partial charge in [0.15, 0.2) is 17.1 Å². The van der Waals surface area contributed by atoms with Crippen molar-refractivity contribution in [3.05, 3.63) is 34.1 Å². The number of fused-ring (bicyclic) bond motifs is 3. The van der Waals surface area contributed by atoms with E-state index in [9.17, 15) is 43.6 Å². The van der Waals surface area contributed by atoms with Crippen molar-refractivity contribution < 1.29 is 48.3 Å². The van der Waals surface area contributed by atoms with E-state index in [4.69, 9.17) is 10.5 Å². The molecule has 1 unspecified atom stereocenters. The number of phenolic OH excluding ortho intramolecular Hbond substituents is 1. The van der Waals surface area contributed by atoms with E-state index in [0.29, 0.717) is 0 Å². The third kappa shape index (κ3) is 3.40. The summed E-state index contributed by atoms with van der Waals surface area (Å²) in [6, 6.07) is 0.0611. The van der Waals surface area contributed by atoms with E-state index in [-0.39, 0.29) is 41.0 Å². The highest BCUT2D eigenvalue weighted by molar-refractivity contribution is 7.80. The molecule has 3 aliphatic carbocycles. The van der Waals surface area contributed by atoms with Gasteiger partial charge in [0, 0.05) is 23.1 Å². The van der Waals surface area contributed by atoms with Crippen molar-refractivity contribution in [2.45, 2.75) is 24.5 Å². The van der Waals surface area contributed by atoms with Gasteiger partial charge < -0.3 is 30.9 Å². The monoisotopic (exact) mass is 523 g/mol. The standard InChI is InChI=1S/C22H25N3O10S/c1-25(2)15-9-5-7-4-8-11(35-3)6-10(24-36(33)34)16(26)13(8)17(27)12(7)19(29)22(9,32)20(30)14(18(15)28)21(23)31/h6-7,9,15,24,26-27,30,32H,4-5H2,1-3H3,(H2,23,31)(H,33,34)/t7-,9-,15-,22-/m0/s1. The number of methoxy groups -OCH3 is 1. The van der Waals surface area contributed by atoms with Gasteiger partial charge in [0.25, 0.3) is 17.2 Å². The van der Waals surface area contributed by atoms with Crippen molar-refractivity contribution in [1.82, 2.24) is 4.90 Å². The number of benzene rings is 1. The van der Waals surface area contributed by atoms with Gasteiger partial charge >= 0.3 is 0 Å². The van der Waals surface area contributed by atoms with Gasteiger partial charge in [-0.15, -0.1) is 0 Å². The molecule has 8 N–H and O–H groups in total. The van der Waals surface area contributed by atoms with Crippen LogP contribution in [-0.2, 0) is 32.1 Å². The van der Waals surface area contributed by atoms with Crippen LogP contribution in [0.5, 0.6) is 11.5 Å². The van der Waals surface area contributed by atoms with Crippen molar-refractivity contribution in [2.24, 2.45) is 17.6 Å². The van der Waals surface area contributed by atoms with E-state index in [0.717, 1.165) is 0 Å². The molecule has 14 heteroatoms. The highest BCUT2D eigenvalue weighted by Gasteiger charge is 2.64. The van der Waals surface area contributed by atoms with Gasteiger partial charge in [0.2, 0.25) is 5.78 Å². The summed E-state index contributed by atoms with van der Waals surface area (Å²) in [5.74, 6) is -7.75. The van der Waals surface area contributed by atoms with E-state index >= 15 is 0 Å². The lowest BCUT2D eigenvalue weighted by Crippen LogP contribution is -2.65. The maximum atomic E-state index is 13.8. The molecule has 0 radical (unpaired) electrons. The first-order chi connectivity index (χ1) is 16.8. The minimum atomic E-state index is -2.76. The molecule has 1 aromatic rings. The molecular formula is C22H25N3O10S. The van der Waals surface area contributed by atoms with Crippen LogP contribution in [-0.4, -0.2) is 84.4 Å². The number of aliphatic hydroxyl groups is 3. The van der Waals surface area contributed by atoms with E-state index in [1.54, 1.807) is 0 Å². The van der Waals surface area contributed by atoms with Crippen LogP contribution in [0.3, 0.4) is 0 Å². The highest BCUT2D eigenvalue weighted by atomic mass is 32.2. The molecule has 0 spiro atoms. The van der Waals surface area contributed by atoms with E-state index in [1.807, 2.05) is 0 Å². The van der Waals surface area contributed by atoms with Crippen molar-refractivity contribution in [2.75, 3.05) is 25.9 Å². The number of likely N-dealkylation sites (N-methyl/N-ethyl adjacent to an activating group) is 1. The van der Waals surface area contributed by atoms with Crippen molar-refractivity contribution >= 4 is 40.2 Å². The summed E-state index contributed by atoms with van der Waals surface area (Å²) in [7, 11) is 4.33. The molecule has 1 amide bonds. The summed E-state index contributed by atoms with van der Waals surface area (Å²) in [6.07, 6.45) is -0.0515. The van der Waals surface area contributed by atoms with E-state index < -0.39 is 75.1 Å². The molecule has 0 heterocycles. The van der Waals surface area contributed by atoms with Crippen LogP contribution in [0.15, 0.2) is 23.0 Å². The van der Waals surface area contributed by atoms with Crippen molar-refractivity contribution in [3.63, 3.8) is 0 Å². The number of nitrogens with zero attached hydrogens (tertiary/aromatic N) is 1. The smallest absolute Gasteiger partial charge is 0.259 e. The van der Waals surface area contributed by atoms with Crippen molar-refractivity contribution in [1.29, 1.82) is 0 Å². The Balaban J connectivity index is 1.99. The van der Waals surface area contributed by atoms with Gasteiger partial charge in [0.1, 0.15) is 22.8 Å². The zero-order valence-corrected chi connectivity index (χ0v) is 20.3. The Morgan fingerprint density at radius 2 is 1.92 bits per heavy atom. The molecule has 0 bridgehead atoms. The molecule has 194 valence electrons. The van der Waals surface area contributed by atoms with Gasteiger partial charge in [-0.3, -0.25) is 28.6 Å². The Bertz CT molecular complexity index is 1300. The zero-order valence-electron chi connectivity index (χ0n) is 19.4. The third-order valence-corrected chi connectivity index (χ3v) is 7.49. The quantitative estimate of drug-likeness (QED) is 0.148. The first kappa shape index (κ1) is 25.6. The summed E-state index contributed by atoms with van der Waals surface area (Å²) < 4.78 is 27.9. The molecule has 1 saturated carbocycles. The Morgan fingerprint density at radius 1 is 1.28 bits per heavy atom. The van der Waals surface area contributed by atoms with Gasteiger partial charge in [-0.25, -0.2) is 4.21 Å². The van der Waals surface area contributed by atoms with E-state index in [1.165, 1.54) is 32.2 Å². The third-order valence-electron chi connectivity index (χ3n) is 7.10. The maximum Gasteiger partial charge on any atom is 0.259 e. The second kappa shape index (κ2) is 8.58. The van der Waals surface area contributed by atoms with E-state index in [2.05, 4.69) is 4.72 Å². The Morgan fingerprint density at radius 3 is 2.44 bits per heavy atom. The second-order valence-electron chi connectivity index (χ2n) is 9.14. The van der Waals surface area contributed by atoms with Gasteiger partial charge in [-0.1, -0.05) is 0 Å². The number of carbonyl (C=O) groups is 3. The molecule has 13 nitrogen and oxygen atoms in total. The molecular weight excluding hydrogens is 498 g/mol. The molecule has 0 saturated heterocycles. The number of rotatable bonds is 5. The minimum Gasteiger partial charge on any atom is -0.508 e. The topological polar surface area (TPSA) is 220 Å². The number of anilines is 1. The first-order valence-electron chi connectivity index (χ1n) is 10.7. The predicted molar refractivity (Wildman–Crippen MR) is 125 cm³/mol. The lowest BCUT2D eigenvalue weighted by molar-refractivity contribution is -0.153. The fourth-order valence-electron chi connectivity index (χ4n) is 5.63. The van der Waals surface area contributed by atoms with Gasteiger partial charge in [0.05, 0.1) is 24.4 Å². The summed E-state index contributed by atoms with van der Waals surface area (Å²) in [4.78, 5) is 40.2. The van der Waals surface area contributed by atoms with Crippen LogP contribution in [0.4, 0.5) is 5.69 Å². The highest BCUT2D eigenvalue weighted by Crippen LogP contribution is 2.54. The minimum absolute atomic E-state index is 0.0216. The summed E-state index contributed by atoms with van der Waals surface area (Å²) in [5, 5.41) is 44.3. The lowest BCUT2D eigenvalue weighted by Gasteiger charge is -2.50. The van der Waals surface area contributed by atoms with Gasteiger partial charge in [-0.2, -0.15) is 0 Å². The summed E-state index contributed by atoms with van der Waals surface area (Å²) in [6.45, 7) is 0. The molecule has 0 aliphatic heterocycles. The molecule has 1 fully saturated rings. The second-order valence-corrected chi connectivity index (χ2v) is 9.84. The molecule has 4 rings (SSSR count). The zero-order chi connectivity index (χ0) is 26.9. The molecule has 1 aromatic carbocycles. The van der Waals surface area contributed by atoms with Crippen LogP contribution < -0.4 is 15.2 Å². The number of nitrogens with two attached hydrogens (primary N) is 1. The summed E-state index contributed by atoms with van der Waals surface area (Å²) in [5.41, 5.74) is 1.03. The van der Waals surface area contributed by atoms with Crippen molar-refractivity contribution in [3.8, 4) is 11.5 Å².